The Labute approximate surface area is 306 Å². The normalized spacial score (nSPS) is 16.5. The van der Waals surface area contributed by atoms with Gasteiger partial charge in [-0.1, -0.05) is 145 Å². The van der Waals surface area contributed by atoms with E-state index in [9.17, 15) is 0 Å². The lowest BCUT2D eigenvalue weighted by molar-refractivity contribution is 0.877. The number of nitrogens with one attached hydrogen (secondary N) is 1. The van der Waals surface area contributed by atoms with E-state index in [1.807, 2.05) is 23.5 Å². The summed E-state index contributed by atoms with van der Waals surface area (Å²) >= 11 is 3.81. The van der Waals surface area contributed by atoms with Crippen LogP contribution in [0.25, 0.3) is 49.9 Å². The molecule has 0 radical (unpaired) electrons. The first-order valence-corrected chi connectivity index (χ1v) is 19.2. The summed E-state index contributed by atoms with van der Waals surface area (Å²) in [6.07, 6.45) is 12.2. The molecule has 2 nitrogen and oxygen atoms in total. The maximum atomic E-state index is 3.59. The number of para-hydroxylation sites is 2. The Morgan fingerprint density at radius 1 is 0.608 bits per heavy atom. The Hall–Kier alpha value is -5.42. The minimum absolute atomic E-state index is 0.173. The fourth-order valence-corrected chi connectivity index (χ4v) is 10.4. The van der Waals surface area contributed by atoms with Crippen molar-refractivity contribution in [3.05, 3.63) is 192 Å². The van der Waals surface area contributed by atoms with Gasteiger partial charge in [0, 0.05) is 54.2 Å². The summed E-state index contributed by atoms with van der Waals surface area (Å²) < 4.78 is 2.44. The fourth-order valence-electron chi connectivity index (χ4n) is 8.02. The highest BCUT2D eigenvalue weighted by molar-refractivity contribution is 8.03. The number of benzene rings is 6. The Bertz CT molecular complexity index is 2620. The summed E-state index contributed by atoms with van der Waals surface area (Å²) in [4.78, 5) is 5.15. The van der Waals surface area contributed by atoms with Crippen molar-refractivity contribution < 1.29 is 0 Å². The molecule has 0 fully saturated rings. The molecule has 3 heterocycles. The van der Waals surface area contributed by atoms with Gasteiger partial charge in [0.25, 0.3) is 0 Å². The van der Waals surface area contributed by atoms with E-state index >= 15 is 0 Å². The van der Waals surface area contributed by atoms with E-state index in [4.69, 9.17) is 0 Å². The van der Waals surface area contributed by atoms with Gasteiger partial charge < -0.3 is 9.88 Å². The molecule has 3 aliphatic rings. The third-order valence-electron chi connectivity index (χ3n) is 10.3. The summed E-state index contributed by atoms with van der Waals surface area (Å²) in [5.74, 6) is 0.173. The second-order valence-electron chi connectivity index (χ2n) is 13.2. The Kier molecular flexibility index (Phi) is 7.59. The predicted molar refractivity (Wildman–Crippen MR) is 218 cm³/mol. The largest absolute Gasteiger partial charge is 0.381 e. The molecule has 1 aromatic heterocycles. The molecule has 2 aliphatic heterocycles. The molecule has 0 saturated carbocycles. The Morgan fingerprint density at radius 2 is 1.35 bits per heavy atom. The number of dihydropyridines is 1. The third kappa shape index (κ3) is 5.21. The summed E-state index contributed by atoms with van der Waals surface area (Å²) in [5.41, 5.74) is 12.7. The van der Waals surface area contributed by atoms with Crippen LogP contribution in [0.1, 0.15) is 29.0 Å². The van der Waals surface area contributed by atoms with Crippen molar-refractivity contribution in [2.75, 3.05) is 6.54 Å². The smallest absolute Gasteiger partial charge is 0.0544 e. The molecule has 0 spiro atoms. The number of aromatic nitrogens is 1. The van der Waals surface area contributed by atoms with Crippen molar-refractivity contribution in [1.82, 2.24) is 9.88 Å². The number of nitrogens with zero attached hydrogens (tertiary/aromatic N) is 1. The summed E-state index contributed by atoms with van der Waals surface area (Å²) in [5, 5.41) is 6.22. The quantitative estimate of drug-likeness (QED) is 0.199. The van der Waals surface area contributed by atoms with Crippen molar-refractivity contribution in [1.29, 1.82) is 0 Å². The van der Waals surface area contributed by atoms with Gasteiger partial charge in [0.15, 0.2) is 0 Å². The van der Waals surface area contributed by atoms with Gasteiger partial charge in [0.05, 0.1) is 11.0 Å². The zero-order valence-electron chi connectivity index (χ0n) is 27.9. The minimum Gasteiger partial charge on any atom is -0.381 e. The SMILES string of the molecule is C1=CCNC(c2ccc3c(c2)SC2=C(c4ccccc4Sc4ccccc4-3)C(c3cccc4c3c3ccccc3n4-c3ccccc3)CC=C2)=C1. The first kappa shape index (κ1) is 30.4. The first-order chi connectivity index (χ1) is 25.3. The number of fused-ring (bicyclic) bond motifs is 8. The van der Waals surface area contributed by atoms with Gasteiger partial charge >= 0.3 is 0 Å². The van der Waals surface area contributed by atoms with Gasteiger partial charge in [-0.25, -0.2) is 0 Å². The third-order valence-corrected chi connectivity index (χ3v) is 12.6. The fraction of sp³-hybridized carbons (Fsp3) is 0.0638. The molecule has 1 unspecified atom stereocenters. The molecule has 0 bridgehead atoms. The highest BCUT2D eigenvalue weighted by Crippen LogP contribution is 2.54. The standard InChI is InChI=1S/C47H34N2S2/c1-2-14-32(15-3-1)49-40-22-7-4-17-37(40)46-35(19-12-23-41(46)49)36-20-13-26-44-47(36)38-18-6-9-25-43(38)50-42-24-8-5-16-33(42)34-28-27-31(30-45(34)51-44)39-21-10-11-29-48-39/h1-19,21-28,30,36,48H,20,29H2. The Morgan fingerprint density at radius 3 is 2.22 bits per heavy atom. The van der Waals surface area contributed by atoms with Gasteiger partial charge in [0.1, 0.15) is 0 Å². The summed E-state index contributed by atoms with van der Waals surface area (Å²) in [6, 6.07) is 51.6. The molecule has 10 rings (SSSR count). The molecule has 1 N–H and O–H groups in total. The van der Waals surface area contributed by atoms with Crippen LogP contribution in [0.3, 0.4) is 0 Å². The molecule has 7 aromatic rings. The molecule has 1 aliphatic carbocycles. The van der Waals surface area contributed by atoms with E-state index in [2.05, 4.69) is 180 Å². The number of hydrogen-bond donors (Lipinski definition) is 1. The van der Waals surface area contributed by atoms with E-state index in [0.717, 1.165) is 13.0 Å². The van der Waals surface area contributed by atoms with Crippen LogP contribution in [0.15, 0.2) is 189 Å². The summed E-state index contributed by atoms with van der Waals surface area (Å²) in [6.45, 7) is 0.845. The van der Waals surface area contributed by atoms with Gasteiger partial charge in [-0.2, -0.15) is 0 Å². The molecule has 6 aromatic carbocycles. The number of rotatable bonds is 3. The van der Waals surface area contributed by atoms with Crippen LogP contribution in [-0.2, 0) is 0 Å². The van der Waals surface area contributed by atoms with Crippen LogP contribution < -0.4 is 5.32 Å². The van der Waals surface area contributed by atoms with Crippen molar-refractivity contribution in [2.45, 2.75) is 27.0 Å². The van der Waals surface area contributed by atoms with E-state index < -0.39 is 0 Å². The lowest BCUT2D eigenvalue weighted by Gasteiger charge is -2.29. The van der Waals surface area contributed by atoms with Crippen molar-refractivity contribution >= 4 is 56.6 Å². The zero-order valence-corrected chi connectivity index (χ0v) is 29.6. The molecule has 244 valence electrons. The monoisotopic (exact) mass is 690 g/mol. The van der Waals surface area contributed by atoms with Crippen molar-refractivity contribution in [3.8, 4) is 16.8 Å². The van der Waals surface area contributed by atoms with E-state index in [1.54, 1.807) is 0 Å². The molecule has 1 atom stereocenters. The van der Waals surface area contributed by atoms with Crippen LogP contribution in [0, 0.1) is 0 Å². The van der Waals surface area contributed by atoms with Gasteiger partial charge in [-0.05, 0) is 88.4 Å². The second kappa shape index (κ2) is 12.7. The maximum Gasteiger partial charge on any atom is 0.0544 e. The highest BCUT2D eigenvalue weighted by Gasteiger charge is 2.30. The molecular formula is C47H34N2S2. The van der Waals surface area contributed by atoms with Crippen LogP contribution in [0.2, 0.25) is 0 Å². The molecular weight excluding hydrogens is 657 g/mol. The second-order valence-corrected chi connectivity index (χ2v) is 15.4. The highest BCUT2D eigenvalue weighted by atomic mass is 32.2. The van der Waals surface area contributed by atoms with Gasteiger partial charge in [-0.15, -0.1) is 0 Å². The zero-order chi connectivity index (χ0) is 33.7. The van der Waals surface area contributed by atoms with Crippen LogP contribution in [0.4, 0.5) is 0 Å². The van der Waals surface area contributed by atoms with E-state index in [1.165, 1.54) is 86.2 Å². The van der Waals surface area contributed by atoms with Crippen molar-refractivity contribution in [3.63, 3.8) is 0 Å². The molecule has 0 saturated heterocycles. The average Bonchev–Trinajstić information content (AvgIpc) is 3.54. The summed E-state index contributed by atoms with van der Waals surface area (Å²) in [7, 11) is 0. The van der Waals surface area contributed by atoms with Crippen LogP contribution in [0.5, 0.6) is 0 Å². The average molecular weight is 691 g/mol. The van der Waals surface area contributed by atoms with Gasteiger partial charge in [0.2, 0.25) is 0 Å². The minimum atomic E-state index is 0.173. The van der Waals surface area contributed by atoms with E-state index in [-0.39, 0.29) is 5.92 Å². The molecule has 4 heteroatoms. The molecule has 0 amide bonds. The lowest BCUT2D eigenvalue weighted by Crippen LogP contribution is -2.14. The first-order valence-electron chi connectivity index (χ1n) is 17.6. The number of hydrogen-bond acceptors (Lipinski definition) is 3. The maximum absolute atomic E-state index is 3.59. The number of allylic oxidation sites excluding steroid dienone is 5. The predicted octanol–water partition coefficient (Wildman–Crippen LogP) is 12.7. The van der Waals surface area contributed by atoms with Crippen molar-refractivity contribution in [2.24, 2.45) is 0 Å². The molecule has 51 heavy (non-hydrogen) atoms. The van der Waals surface area contributed by atoms with Crippen LogP contribution >= 0.6 is 23.5 Å². The topological polar surface area (TPSA) is 17.0 Å². The van der Waals surface area contributed by atoms with Crippen LogP contribution in [-0.4, -0.2) is 11.1 Å². The van der Waals surface area contributed by atoms with E-state index in [0.29, 0.717) is 0 Å². The van der Waals surface area contributed by atoms with Gasteiger partial charge in [-0.3, -0.25) is 0 Å². The Balaban J connectivity index is 1.23. The number of thioether (sulfide) groups is 1. The lowest BCUT2D eigenvalue weighted by atomic mass is 9.80.